The first-order valence-corrected chi connectivity index (χ1v) is 8.62. The third-order valence-electron chi connectivity index (χ3n) is 2.02. The van der Waals surface area contributed by atoms with Crippen molar-refractivity contribution in [2.45, 2.75) is 32.2 Å². The Morgan fingerprint density at radius 2 is 2.06 bits per heavy atom. The fraction of sp³-hybridized carbons (Fsp3) is 0.889. The maximum atomic E-state index is 11.5. The molecule has 17 heavy (non-hydrogen) atoms. The molecule has 0 rings (SSSR count). The molecule has 0 saturated heterocycles. The van der Waals surface area contributed by atoms with Crippen LogP contribution in [0.2, 0.25) is 0 Å². The average molecular weight is 285 g/mol. The quantitative estimate of drug-likeness (QED) is 0.617. The molecular weight excluding hydrogens is 266 g/mol. The van der Waals surface area contributed by atoms with E-state index in [0.717, 1.165) is 0 Å². The molecule has 0 aliphatic heterocycles. The van der Waals surface area contributed by atoms with Crippen molar-refractivity contribution in [1.82, 2.24) is 4.72 Å². The highest BCUT2D eigenvalue weighted by Gasteiger charge is 2.15. The Hall–Kier alpha value is -0.470. The number of hydrogen-bond acceptors (Lipinski definition) is 4. The summed E-state index contributed by atoms with van der Waals surface area (Å²) in [6.07, 6.45) is 2.00. The number of carboxylic acids is 1. The molecule has 0 aromatic heterocycles. The number of carboxylic acid groups (broad SMARTS) is 1. The largest absolute Gasteiger partial charge is 0.481 e. The van der Waals surface area contributed by atoms with E-state index in [0.29, 0.717) is 12.2 Å². The molecule has 0 aromatic carbocycles. The van der Waals surface area contributed by atoms with Gasteiger partial charge in [-0.3, -0.25) is 9.00 Å². The second-order valence-corrected chi connectivity index (χ2v) is 7.33. The monoisotopic (exact) mass is 285 g/mol. The summed E-state index contributed by atoms with van der Waals surface area (Å²) < 4.78 is 36.2. The maximum absolute atomic E-state index is 11.5. The van der Waals surface area contributed by atoms with Crippen LogP contribution in [0.25, 0.3) is 0 Å². The van der Waals surface area contributed by atoms with Crippen molar-refractivity contribution in [2.75, 3.05) is 17.8 Å². The molecule has 0 spiro atoms. The fourth-order valence-corrected chi connectivity index (χ4v) is 3.24. The molecule has 2 atom stereocenters. The first-order chi connectivity index (χ1) is 7.73. The summed E-state index contributed by atoms with van der Waals surface area (Å²) in [4.78, 5) is 10.2. The van der Waals surface area contributed by atoms with Gasteiger partial charge in [0.15, 0.2) is 0 Å². The minimum Gasteiger partial charge on any atom is -0.481 e. The van der Waals surface area contributed by atoms with E-state index in [1.807, 2.05) is 0 Å². The Bertz CT molecular complexity index is 366. The number of nitrogens with one attached hydrogen (secondary N) is 1. The summed E-state index contributed by atoms with van der Waals surface area (Å²) in [6.45, 7) is 1.70. The third-order valence-corrected chi connectivity index (χ3v) is 4.42. The summed E-state index contributed by atoms with van der Waals surface area (Å²) in [5, 5.41) is 8.39. The second kappa shape index (κ2) is 7.78. The van der Waals surface area contributed by atoms with E-state index in [1.165, 1.54) is 0 Å². The Balaban J connectivity index is 3.98. The second-order valence-electron chi connectivity index (χ2n) is 3.90. The van der Waals surface area contributed by atoms with Gasteiger partial charge in [0, 0.05) is 35.3 Å². The van der Waals surface area contributed by atoms with Crippen LogP contribution in [0.5, 0.6) is 0 Å². The fourth-order valence-electron chi connectivity index (χ4n) is 1.18. The van der Waals surface area contributed by atoms with Gasteiger partial charge < -0.3 is 5.11 Å². The van der Waals surface area contributed by atoms with E-state index < -0.39 is 26.8 Å². The van der Waals surface area contributed by atoms with Gasteiger partial charge in [-0.15, -0.1) is 0 Å². The van der Waals surface area contributed by atoms with E-state index in [-0.39, 0.29) is 24.6 Å². The van der Waals surface area contributed by atoms with Gasteiger partial charge in [-0.05, 0) is 19.8 Å². The lowest BCUT2D eigenvalue weighted by Crippen LogP contribution is -2.35. The smallest absolute Gasteiger partial charge is 0.303 e. The minimum absolute atomic E-state index is 0.0943. The van der Waals surface area contributed by atoms with Crippen molar-refractivity contribution < 1.29 is 22.5 Å². The molecule has 0 heterocycles. The first-order valence-electron chi connectivity index (χ1n) is 5.25. The molecule has 6 nitrogen and oxygen atoms in total. The van der Waals surface area contributed by atoms with Crippen LogP contribution >= 0.6 is 0 Å². The third kappa shape index (κ3) is 10.4. The van der Waals surface area contributed by atoms with Crippen LogP contribution in [0.3, 0.4) is 0 Å². The number of aliphatic carboxylic acids is 1. The van der Waals surface area contributed by atoms with Crippen LogP contribution in [0, 0.1) is 0 Å². The summed E-state index contributed by atoms with van der Waals surface area (Å²) in [5.41, 5.74) is 0. The molecule has 0 fully saturated rings. The van der Waals surface area contributed by atoms with Gasteiger partial charge in [-0.25, -0.2) is 13.1 Å². The predicted octanol–water partition coefficient (Wildman–Crippen LogP) is -0.0723. The minimum atomic E-state index is -3.44. The van der Waals surface area contributed by atoms with Gasteiger partial charge in [0.2, 0.25) is 10.0 Å². The van der Waals surface area contributed by atoms with Crippen molar-refractivity contribution in [3.8, 4) is 0 Å². The van der Waals surface area contributed by atoms with E-state index in [2.05, 4.69) is 4.72 Å². The standard InChI is InChI=1S/C9H19NO5S2/c1-8(5-6-16(2)13)10-17(14,15)7-3-4-9(11)12/h8,10H,3-7H2,1-2H3,(H,11,12). The van der Waals surface area contributed by atoms with Crippen LogP contribution in [0.1, 0.15) is 26.2 Å². The normalized spacial score (nSPS) is 15.4. The number of carbonyl (C=O) groups is 1. The van der Waals surface area contributed by atoms with Gasteiger partial charge in [0.25, 0.3) is 0 Å². The molecule has 0 radical (unpaired) electrons. The Labute approximate surface area is 104 Å². The van der Waals surface area contributed by atoms with Crippen molar-refractivity contribution in [3.05, 3.63) is 0 Å². The molecule has 2 N–H and O–H groups in total. The van der Waals surface area contributed by atoms with E-state index in [9.17, 15) is 17.4 Å². The lowest BCUT2D eigenvalue weighted by atomic mass is 10.3. The lowest BCUT2D eigenvalue weighted by Gasteiger charge is -2.13. The van der Waals surface area contributed by atoms with Gasteiger partial charge in [-0.2, -0.15) is 0 Å². The lowest BCUT2D eigenvalue weighted by molar-refractivity contribution is -0.137. The van der Waals surface area contributed by atoms with Crippen LogP contribution in [0.15, 0.2) is 0 Å². The van der Waals surface area contributed by atoms with Crippen molar-refractivity contribution >= 4 is 26.8 Å². The highest BCUT2D eigenvalue weighted by Crippen LogP contribution is 1.99. The zero-order valence-corrected chi connectivity index (χ0v) is 11.6. The van der Waals surface area contributed by atoms with Gasteiger partial charge in [0.05, 0.1) is 5.75 Å². The van der Waals surface area contributed by atoms with Crippen LogP contribution in [-0.4, -0.2) is 47.5 Å². The summed E-state index contributed by atoms with van der Waals surface area (Å²) in [7, 11) is -4.38. The van der Waals surface area contributed by atoms with Crippen molar-refractivity contribution in [1.29, 1.82) is 0 Å². The Kier molecular flexibility index (Phi) is 7.56. The van der Waals surface area contributed by atoms with Gasteiger partial charge >= 0.3 is 5.97 Å². The number of hydrogen-bond donors (Lipinski definition) is 2. The highest BCUT2D eigenvalue weighted by atomic mass is 32.2. The first kappa shape index (κ1) is 16.5. The zero-order chi connectivity index (χ0) is 13.5. The number of sulfonamides is 1. The Morgan fingerprint density at radius 3 is 2.53 bits per heavy atom. The van der Waals surface area contributed by atoms with Gasteiger partial charge in [0.1, 0.15) is 0 Å². The summed E-state index contributed by atoms with van der Waals surface area (Å²) >= 11 is 0. The Morgan fingerprint density at radius 1 is 1.47 bits per heavy atom. The van der Waals surface area contributed by atoms with E-state index >= 15 is 0 Å². The van der Waals surface area contributed by atoms with Crippen LogP contribution < -0.4 is 4.72 Å². The highest BCUT2D eigenvalue weighted by molar-refractivity contribution is 7.89. The summed E-state index contributed by atoms with van der Waals surface area (Å²) in [5.74, 6) is -0.757. The van der Waals surface area contributed by atoms with Gasteiger partial charge in [-0.1, -0.05) is 0 Å². The van der Waals surface area contributed by atoms with Crippen LogP contribution in [0.4, 0.5) is 0 Å². The molecule has 0 bridgehead atoms. The molecule has 102 valence electrons. The van der Waals surface area contributed by atoms with Crippen molar-refractivity contribution in [3.63, 3.8) is 0 Å². The topological polar surface area (TPSA) is 101 Å². The molecule has 2 unspecified atom stereocenters. The molecule has 8 heteroatoms. The predicted molar refractivity (Wildman–Crippen MR) is 66.8 cm³/mol. The molecular formula is C9H19NO5S2. The SMILES string of the molecule is CC(CCS(C)=O)NS(=O)(=O)CCCC(=O)O. The number of rotatable bonds is 9. The van der Waals surface area contributed by atoms with E-state index in [4.69, 9.17) is 5.11 Å². The molecule has 0 saturated carbocycles. The summed E-state index contributed by atoms with van der Waals surface area (Å²) in [6, 6.07) is -0.284. The average Bonchev–Trinajstić information content (AvgIpc) is 2.12. The molecule has 0 aromatic rings. The van der Waals surface area contributed by atoms with Crippen LogP contribution in [-0.2, 0) is 25.6 Å². The molecule has 0 aliphatic carbocycles. The van der Waals surface area contributed by atoms with E-state index in [1.54, 1.807) is 13.2 Å². The zero-order valence-electron chi connectivity index (χ0n) is 10.0. The maximum Gasteiger partial charge on any atom is 0.303 e. The molecule has 0 amide bonds. The molecule has 0 aliphatic rings. The van der Waals surface area contributed by atoms with Crippen molar-refractivity contribution in [2.24, 2.45) is 0 Å².